The maximum atomic E-state index is 8.76. The average molecular weight is 150 g/mol. The summed E-state index contributed by atoms with van der Waals surface area (Å²) in [4.78, 5) is 0. The highest BCUT2D eigenvalue weighted by Gasteiger charge is 2.32. The Morgan fingerprint density at radius 3 is 2.55 bits per heavy atom. The van der Waals surface area contributed by atoms with Gasteiger partial charge in [-0.3, -0.25) is 0 Å². The van der Waals surface area contributed by atoms with E-state index >= 15 is 0 Å². The lowest BCUT2D eigenvalue weighted by molar-refractivity contribution is 0.529. The SMILES string of the molecule is N#CC(NCC1CC1)C1CC1. The third-order valence-electron chi connectivity index (χ3n) is 2.56. The van der Waals surface area contributed by atoms with Gasteiger partial charge in [-0.25, -0.2) is 0 Å². The van der Waals surface area contributed by atoms with Gasteiger partial charge < -0.3 is 5.32 Å². The molecule has 2 fully saturated rings. The van der Waals surface area contributed by atoms with Crippen molar-refractivity contribution >= 4 is 0 Å². The zero-order valence-electron chi connectivity index (χ0n) is 6.71. The lowest BCUT2D eigenvalue weighted by Crippen LogP contribution is -2.31. The molecule has 0 heterocycles. The van der Waals surface area contributed by atoms with Crippen LogP contribution in [0.15, 0.2) is 0 Å². The van der Waals surface area contributed by atoms with Crippen LogP contribution in [0, 0.1) is 23.2 Å². The highest BCUT2D eigenvalue weighted by molar-refractivity contribution is 5.01. The smallest absolute Gasteiger partial charge is 0.0981 e. The van der Waals surface area contributed by atoms with Crippen molar-refractivity contribution in [2.45, 2.75) is 31.7 Å². The molecule has 60 valence electrons. The summed E-state index contributed by atoms with van der Waals surface area (Å²) in [6, 6.07) is 2.50. The summed E-state index contributed by atoms with van der Waals surface area (Å²) in [6.07, 6.45) is 5.26. The van der Waals surface area contributed by atoms with Crippen LogP contribution in [0.3, 0.4) is 0 Å². The quantitative estimate of drug-likeness (QED) is 0.655. The van der Waals surface area contributed by atoms with Crippen LogP contribution in [-0.2, 0) is 0 Å². The van der Waals surface area contributed by atoms with E-state index in [0.29, 0.717) is 5.92 Å². The molecule has 2 saturated carbocycles. The van der Waals surface area contributed by atoms with Gasteiger partial charge in [0.15, 0.2) is 0 Å². The molecule has 2 aliphatic rings. The van der Waals surface area contributed by atoms with Crippen molar-refractivity contribution in [1.29, 1.82) is 5.26 Å². The first-order chi connectivity index (χ1) is 5.40. The Bertz CT molecular complexity index is 174. The third kappa shape index (κ3) is 1.94. The van der Waals surface area contributed by atoms with Crippen LogP contribution in [0.2, 0.25) is 0 Å². The van der Waals surface area contributed by atoms with E-state index < -0.39 is 0 Å². The fourth-order valence-corrected chi connectivity index (χ4v) is 1.36. The second-order valence-electron chi connectivity index (χ2n) is 3.80. The summed E-state index contributed by atoms with van der Waals surface area (Å²) >= 11 is 0. The van der Waals surface area contributed by atoms with Crippen molar-refractivity contribution in [3.63, 3.8) is 0 Å². The summed E-state index contributed by atoms with van der Waals surface area (Å²) in [7, 11) is 0. The maximum Gasteiger partial charge on any atom is 0.0981 e. The van der Waals surface area contributed by atoms with Gasteiger partial charge in [-0.1, -0.05) is 0 Å². The lowest BCUT2D eigenvalue weighted by Gasteiger charge is -2.08. The molecule has 0 radical (unpaired) electrons. The molecule has 0 aromatic rings. The second kappa shape index (κ2) is 2.83. The van der Waals surface area contributed by atoms with Gasteiger partial charge >= 0.3 is 0 Å². The Morgan fingerprint density at radius 1 is 1.36 bits per heavy atom. The fourth-order valence-electron chi connectivity index (χ4n) is 1.36. The van der Waals surface area contributed by atoms with Crippen molar-refractivity contribution in [1.82, 2.24) is 5.32 Å². The Kier molecular flexibility index (Phi) is 1.83. The van der Waals surface area contributed by atoms with Gasteiger partial charge in [0, 0.05) is 0 Å². The van der Waals surface area contributed by atoms with Crippen LogP contribution in [-0.4, -0.2) is 12.6 Å². The van der Waals surface area contributed by atoms with Gasteiger partial charge in [0.05, 0.1) is 12.1 Å². The third-order valence-corrected chi connectivity index (χ3v) is 2.56. The number of nitrogens with one attached hydrogen (secondary N) is 1. The van der Waals surface area contributed by atoms with Crippen LogP contribution in [0.4, 0.5) is 0 Å². The van der Waals surface area contributed by atoms with Gasteiger partial charge in [0.1, 0.15) is 0 Å². The number of nitrogens with zero attached hydrogens (tertiary/aromatic N) is 1. The normalized spacial score (nSPS) is 26.1. The zero-order chi connectivity index (χ0) is 7.68. The molecule has 2 nitrogen and oxygen atoms in total. The first-order valence-electron chi connectivity index (χ1n) is 4.53. The standard InChI is InChI=1S/C9H14N2/c10-5-9(8-3-4-8)11-6-7-1-2-7/h7-9,11H,1-4,6H2. The van der Waals surface area contributed by atoms with Gasteiger partial charge in [-0.2, -0.15) is 5.26 Å². The molecule has 0 saturated heterocycles. The van der Waals surface area contributed by atoms with E-state index in [2.05, 4.69) is 11.4 Å². The van der Waals surface area contributed by atoms with Crippen molar-refractivity contribution in [3.8, 4) is 6.07 Å². The van der Waals surface area contributed by atoms with E-state index in [4.69, 9.17) is 5.26 Å². The molecule has 0 aromatic heterocycles. The Morgan fingerprint density at radius 2 is 2.09 bits per heavy atom. The molecule has 2 aliphatic carbocycles. The molecular weight excluding hydrogens is 136 g/mol. The van der Waals surface area contributed by atoms with Gasteiger partial charge in [-0.15, -0.1) is 0 Å². The molecule has 2 rings (SSSR count). The Hall–Kier alpha value is -0.550. The first kappa shape index (κ1) is 7.12. The predicted octanol–water partition coefficient (Wildman–Crippen LogP) is 1.29. The monoisotopic (exact) mass is 150 g/mol. The summed E-state index contributed by atoms with van der Waals surface area (Å²) in [5.74, 6) is 1.57. The molecule has 0 aromatic carbocycles. The topological polar surface area (TPSA) is 35.8 Å². The molecule has 0 bridgehead atoms. The molecule has 0 amide bonds. The van der Waals surface area contributed by atoms with Gasteiger partial charge in [0.25, 0.3) is 0 Å². The molecule has 11 heavy (non-hydrogen) atoms. The van der Waals surface area contributed by atoms with Crippen molar-refractivity contribution in [3.05, 3.63) is 0 Å². The maximum absolute atomic E-state index is 8.76. The molecule has 1 unspecified atom stereocenters. The minimum atomic E-state index is 0.163. The first-order valence-corrected chi connectivity index (χ1v) is 4.53. The molecule has 0 aliphatic heterocycles. The summed E-state index contributed by atoms with van der Waals surface area (Å²) in [5.41, 5.74) is 0. The van der Waals surface area contributed by atoms with Gasteiger partial charge in [0.2, 0.25) is 0 Å². The highest BCUT2D eigenvalue weighted by atomic mass is 14.9. The van der Waals surface area contributed by atoms with Crippen LogP contribution in [0.1, 0.15) is 25.7 Å². The van der Waals surface area contributed by atoms with Crippen LogP contribution < -0.4 is 5.32 Å². The number of hydrogen-bond acceptors (Lipinski definition) is 2. The predicted molar refractivity (Wildman–Crippen MR) is 42.9 cm³/mol. The van der Waals surface area contributed by atoms with E-state index in [0.717, 1.165) is 12.5 Å². The largest absolute Gasteiger partial charge is 0.301 e. The van der Waals surface area contributed by atoms with E-state index in [1.165, 1.54) is 25.7 Å². The average Bonchev–Trinajstić information content (AvgIpc) is 2.85. The lowest BCUT2D eigenvalue weighted by atomic mass is 10.2. The van der Waals surface area contributed by atoms with Crippen LogP contribution in [0.25, 0.3) is 0 Å². The molecule has 1 atom stereocenters. The van der Waals surface area contributed by atoms with Crippen molar-refractivity contribution in [2.75, 3.05) is 6.54 Å². The molecule has 0 spiro atoms. The highest BCUT2D eigenvalue weighted by Crippen LogP contribution is 2.33. The molecular formula is C9H14N2. The van der Waals surface area contributed by atoms with Crippen LogP contribution in [0.5, 0.6) is 0 Å². The summed E-state index contributed by atoms with van der Waals surface area (Å²) in [6.45, 7) is 1.08. The fraction of sp³-hybridized carbons (Fsp3) is 0.889. The number of hydrogen-bond donors (Lipinski definition) is 1. The van der Waals surface area contributed by atoms with E-state index in [1.807, 2.05) is 0 Å². The van der Waals surface area contributed by atoms with Gasteiger partial charge in [-0.05, 0) is 44.1 Å². The number of nitriles is 1. The van der Waals surface area contributed by atoms with E-state index in [1.54, 1.807) is 0 Å². The Labute approximate surface area is 67.6 Å². The number of rotatable bonds is 4. The van der Waals surface area contributed by atoms with E-state index in [9.17, 15) is 0 Å². The molecule has 1 N–H and O–H groups in total. The van der Waals surface area contributed by atoms with E-state index in [-0.39, 0.29) is 6.04 Å². The van der Waals surface area contributed by atoms with Crippen molar-refractivity contribution in [2.24, 2.45) is 11.8 Å². The minimum Gasteiger partial charge on any atom is -0.301 e. The molecule has 2 heteroatoms. The minimum absolute atomic E-state index is 0.163. The summed E-state index contributed by atoms with van der Waals surface area (Å²) < 4.78 is 0. The Balaban J connectivity index is 1.68. The van der Waals surface area contributed by atoms with Crippen molar-refractivity contribution < 1.29 is 0 Å². The van der Waals surface area contributed by atoms with Crippen LogP contribution >= 0.6 is 0 Å². The zero-order valence-corrected chi connectivity index (χ0v) is 6.71. The second-order valence-corrected chi connectivity index (χ2v) is 3.80. The summed E-state index contributed by atoms with van der Waals surface area (Å²) in [5, 5.41) is 12.1.